The van der Waals surface area contributed by atoms with Crippen LogP contribution in [0.5, 0.6) is 0 Å². The highest BCUT2D eigenvalue weighted by atomic mass is 19.1. The van der Waals surface area contributed by atoms with Crippen molar-refractivity contribution in [1.29, 1.82) is 0 Å². The lowest BCUT2D eigenvalue weighted by Gasteiger charge is -2.02. The Morgan fingerprint density at radius 1 is 1.64 bits per heavy atom. The van der Waals surface area contributed by atoms with Crippen LogP contribution in [-0.4, -0.2) is 18.8 Å². The molecule has 3 heteroatoms. The molecule has 0 aromatic rings. The van der Waals surface area contributed by atoms with Crippen molar-refractivity contribution in [2.75, 3.05) is 7.05 Å². The molecule has 0 radical (unpaired) electrons. The van der Waals surface area contributed by atoms with Gasteiger partial charge in [-0.2, -0.15) is 4.39 Å². The molecule has 1 aliphatic rings. The molecule has 0 fully saturated rings. The van der Waals surface area contributed by atoms with Crippen molar-refractivity contribution in [1.82, 2.24) is 0 Å². The molecule has 2 nitrogen and oxygen atoms in total. The number of hydrogen-bond acceptors (Lipinski definition) is 2. The van der Waals surface area contributed by atoms with Gasteiger partial charge < -0.3 is 0 Å². The minimum Gasteiger partial charge on any atom is -0.295 e. The summed E-state index contributed by atoms with van der Waals surface area (Å²) in [5, 5.41) is 0. The van der Waals surface area contributed by atoms with Gasteiger partial charge in [-0.05, 0) is 18.1 Å². The van der Waals surface area contributed by atoms with Crippen molar-refractivity contribution >= 4 is 11.7 Å². The van der Waals surface area contributed by atoms with E-state index >= 15 is 0 Å². The topological polar surface area (TPSA) is 29.4 Å². The van der Waals surface area contributed by atoms with Gasteiger partial charge in [0.15, 0.2) is 5.78 Å². The molecule has 0 spiro atoms. The largest absolute Gasteiger partial charge is 0.295 e. The highest BCUT2D eigenvalue weighted by Crippen LogP contribution is 2.24. The first-order chi connectivity index (χ1) is 6.69. The fraction of sp³-hybridized carbons (Fsp3) is 0.273. The zero-order chi connectivity index (χ0) is 10.6. The maximum absolute atomic E-state index is 13.2. The highest BCUT2D eigenvalue weighted by Gasteiger charge is 2.18. The van der Waals surface area contributed by atoms with Gasteiger partial charge in [-0.3, -0.25) is 9.79 Å². The third-order valence-electron chi connectivity index (χ3n) is 2.02. The van der Waals surface area contributed by atoms with Crippen LogP contribution in [0, 0.1) is 0 Å². The summed E-state index contributed by atoms with van der Waals surface area (Å²) in [5.74, 6) is -0.510. The molecular formula is C11H12FNO. The molecular weight excluding hydrogens is 181 g/mol. The lowest BCUT2D eigenvalue weighted by Crippen LogP contribution is -1.97. The summed E-state index contributed by atoms with van der Waals surface area (Å²) in [6.07, 6.45) is 5.54. The molecule has 14 heavy (non-hydrogen) atoms. The van der Waals surface area contributed by atoms with E-state index in [1.54, 1.807) is 0 Å². The molecule has 1 rings (SSSR count). The first-order valence-electron chi connectivity index (χ1n) is 4.38. The normalized spacial score (nSPS) is 18.4. The molecule has 0 saturated carbocycles. The minimum absolute atomic E-state index is 0.0406. The zero-order valence-corrected chi connectivity index (χ0v) is 8.09. The summed E-state index contributed by atoms with van der Waals surface area (Å²) in [4.78, 5) is 14.4. The summed E-state index contributed by atoms with van der Waals surface area (Å²) in [6, 6.07) is 0. The molecule has 74 valence electrons. The Hall–Kier alpha value is -1.51. The van der Waals surface area contributed by atoms with E-state index in [1.165, 1.54) is 25.3 Å². The molecule has 0 unspecified atom stereocenters. The first-order valence-corrected chi connectivity index (χ1v) is 4.38. The van der Waals surface area contributed by atoms with Crippen molar-refractivity contribution in [3.8, 4) is 0 Å². The number of allylic oxidation sites excluding steroid dienone is 5. The van der Waals surface area contributed by atoms with Crippen molar-refractivity contribution in [2.45, 2.75) is 12.8 Å². The Morgan fingerprint density at radius 3 is 2.79 bits per heavy atom. The van der Waals surface area contributed by atoms with Crippen LogP contribution in [0.3, 0.4) is 0 Å². The summed E-state index contributed by atoms with van der Waals surface area (Å²) in [5.41, 5.74) is 1.08. The number of hydrogen-bond donors (Lipinski definition) is 0. The van der Waals surface area contributed by atoms with E-state index in [0.29, 0.717) is 24.0 Å². The summed E-state index contributed by atoms with van der Waals surface area (Å²) in [6.45, 7) is 3.50. The predicted molar refractivity (Wildman–Crippen MR) is 55.1 cm³/mol. The SMILES string of the molecule is C=C/C=C(/C1=CC(=O)CC1)C(F)=NC. The molecule has 0 bridgehead atoms. The van der Waals surface area contributed by atoms with Crippen molar-refractivity contribution in [2.24, 2.45) is 4.99 Å². The van der Waals surface area contributed by atoms with E-state index in [-0.39, 0.29) is 5.78 Å². The third-order valence-corrected chi connectivity index (χ3v) is 2.02. The van der Waals surface area contributed by atoms with Crippen molar-refractivity contribution in [3.63, 3.8) is 0 Å². The maximum Gasteiger partial charge on any atom is 0.215 e. The van der Waals surface area contributed by atoms with Crippen LogP contribution in [0.4, 0.5) is 4.39 Å². The maximum atomic E-state index is 13.2. The molecule has 0 aromatic heterocycles. The Morgan fingerprint density at radius 2 is 2.36 bits per heavy atom. The van der Waals surface area contributed by atoms with Crippen LogP contribution in [0.25, 0.3) is 0 Å². The Kier molecular flexibility index (Phi) is 3.51. The van der Waals surface area contributed by atoms with Crippen LogP contribution in [0.15, 0.2) is 40.9 Å². The van der Waals surface area contributed by atoms with Gasteiger partial charge in [-0.25, -0.2) is 0 Å². The van der Waals surface area contributed by atoms with Crippen molar-refractivity contribution < 1.29 is 9.18 Å². The molecule has 0 aromatic carbocycles. The van der Waals surface area contributed by atoms with Crippen molar-refractivity contribution in [3.05, 3.63) is 36.0 Å². The lowest BCUT2D eigenvalue weighted by molar-refractivity contribution is -0.114. The first kappa shape index (κ1) is 10.6. The van der Waals surface area contributed by atoms with Crippen LogP contribution < -0.4 is 0 Å². The van der Waals surface area contributed by atoms with Crippen LogP contribution >= 0.6 is 0 Å². The van der Waals surface area contributed by atoms with Crippen LogP contribution in [-0.2, 0) is 4.79 Å². The molecule has 0 N–H and O–H groups in total. The van der Waals surface area contributed by atoms with Gasteiger partial charge in [0, 0.05) is 19.0 Å². The van der Waals surface area contributed by atoms with E-state index in [9.17, 15) is 9.18 Å². The molecule has 0 saturated heterocycles. The standard InChI is InChI=1S/C11H12FNO/c1-3-4-10(11(12)13-2)8-5-6-9(14)7-8/h3-4,7H,1,5-6H2,2H3/b10-4-,13-11?. The monoisotopic (exact) mass is 193 g/mol. The summed E-state index contributed by atoms with van der Waals surface area (Å²) in [7, 11) is 1.38. The number of carbonyl (C=O) groups excluding carboxylic acids is 1. The van der Waals surface area contributed by atoms with E-state index in [1.807, 2.05) is 0 Å². The zero-order valence-electron chi connectivity index (χ0n) is 8.09. The number of aliphatic imine (C=N–C) groups is 1. The average molecular weight is 193 g/mol. The Labute approximate surface area is 82.5 Å². The lowest BCUT2D eigenvalue weighted by atomic mass is 10.1. The quantitative estimate of drug-likeness (QED) is 0.500. The van der Waals surface area contributed by atoms with Gasteiger partial charge in [0.1, 0.15) is 0 Å². The molecule has 1 aliphatic carbocycles. The smallest absolute Gasteiger partial charge is 0.215 e. The number of rotatable bonds is 3. The second kappa shape index (κ2) is 4.65. The van der Waals surface area contributed by atoms with Gasteiger partial charge >= 0.3 is 0 Å². The second-order valence-corrected chi connectivity index (χ2v) is 2.97. The number of nitrogens with zero attached hydrogens (tertiary/aromatic N) is 1. The number of ketones is 1. The highest BCUT2D eigenvalue weighted by molar-refractivity contribution is 6.02. The van der Waals surface area contributed by atoms with E-state index in [4.69, 9.17) is 0 Å². The Balaban J connectivity index is 3.01. The van der Waals surface area contributed by atoms with Gasteiger partial charge in [0.25, 0.3) is 0 Å². The van der Waals surface area contributed by atoms with Gasteiger partial charge in [-0.15, -0.1) is 0 Å². The fourth-order valence-electron chi connectivity index (χ4n) is 1.36. The molecule has 0 aliphatic heterocycles. The fourth-order valence-corrected chi connectivity index (χ4v) is 1.36. The van der Waals surface area contributed by atoms with E-state index in [0.717, 1.165) is 0 Å². The molecule has 0 amide bonds. The van der Waals surface area contributed by atoms with E-state index < -0.39 is 5.97 Å². The van der Waals surface area contributed by atoms with Crippen LogP contribution in [0.1, 0.15) is 12.8 Å². The summed E-state index contributed by atoms with van der Waals surface area (Å²) < 4.78 is 13.2. The average Bonchev–Trinajstić information content (AvgIpc) is 2.60. The molecule has 0 heterocycles. The number of carbonyl (C=O) groups is 1. The number of halogens is 1. The third kappa shape index (κ3) is 2.25. The van der Waals surface area contributed by atoms with Gasteiger partial charge in [-0.1, -0.05) is 18.7 Å². The van der Waals surface area contributed by atoms with Gasteiger partial charge in [0.2, 0.25) is 5.97 Å². The summed E-state index contributed by atoms with van der Waals surface area (Å²) >= 11 is 0. The van der Waals surface area contributed by atoms with E-state index in [2.05, 4.69) is 11.6 Å². The Bertz CT molecular complexity index is 350. The van der Waals surface area contributed by atoms with Crippen LogP contribution in [0.2, 0.25) is 0 Å². The minimum atomic E-state index is -0.550. The second-order valence-electron chi connectivity index (χ2n) is 2.97. The molecule has 0 atom stereocenters. The predicted octanol–water partition coefficient (Wildman–Crippen LogP) is 2.39. The van der Waals surface area contributed by atoms with Gasteiger partial charge in [0.05, 0.1) is 0 Å².